The Morgan fingerprint density at radius 3 is 2.50 bits per heavy atom. The maximum atomic E-state index is 11.3. The molecule has 3 heterocycles. The number of aromatic hydroxyl groups is 1. The summed E-state index contributed by atoms with van der Waals surface area (Å²) in [7, 11) is 2.14. The average Bonchev–Trinajstić information content (AvgIpc) is 3.16. The summed E-state index contributed by atoms with van der Waals surface area (Å²) in [6, 6.07) is 10.4. The lowest BCUT2D eigenvalue weighted by molar-refractivity contribution is 0.105. The van der Waals surface area contributed by atoms with Gasteiger partial charge in [-0.2, -0.15) is 0 Å². The van der Waals surface area contributed by atoms with Gasteiger partial charge >= 0.3 is 0 Å². The lowest BCUT2D eigenvalue weighted by Crippen LogP contribution is -2.55. The average molecular weight is 376 g/mol. The Morgan fingerprint density at radius 1 is 1.14 bits per heavy atom. The summed E-state index contributed by atoms with van der Waals surface area (Å²) in [6.45, 7) is 8.64. The summed E-state index contributed by atoms with van der Waals surface area (Å²) >= 11 is 0. The number of phenolic OH excluding ortho intramolecular Hbond substituents is 1. The monoisotopic (exact) mass is 375 g/mol. The molecule has 146 valence electrons. The number of hydrogen-bond acceptors (Lipinski definition) is 3. The van der Waals surface area contributed by atoms with Crippen molar-refractivity contribution in [2.75, 3.05) is 20.1 Å². The highest BCUT2D eigenvalue weighted by Gasteiger charge is 2.42. The summed E-state index contributed by atoms with van der Waals surface area (Å²) in [6.07, 6.45) is 8.46. The maximum Gasteiger partial charge on any atom is 0.123 e. The molecule has 0 aliphatic carbocycles. The fourth-order valence-corrected chi connectivity index (χ4v) is 4.65. The van der Waals surface area contributed by atoms with Crippen LogP contribution in [0, 0.1) is 0 Å². The summed E-state index contributed by atoms with van der Waals surface area (Å²) in [4.78, 5) is 6.72. The first-order valence-corrected chi connectivity index (χ1v) is 9.98. The van der Waals surface area contributed by atoms with Gasteiger partial charge in [-0.3, -0.25) is 4.98 Å². The molecule has 1 fully saturated rings. The molecule has 2 aromatic heterocycles. The Kier molecular flexibility index (Phi) is 4.76. The van der Waals surface area contributed by atoms with Gasteiger partial charge in [0, 0.05) is 49.1 Å². The van der Waals surface area contributed by atoms with Crippen LogP contribution < -0.4 is 0 Å². The Labute approximate surface area is 167 Å². The van der Waals surface area contributed by atoms with E-state index in [2.05, 4.69) is 60.5 Å². The molecule has 1 saturated heterocycles. The van der Waals surface area contributed by atoms with Crippen molar-refractivity contribution < 1.29 is 5.11 Å². The molecule has 4 nitrogen and oxygen atoms in total. The zero-order valence-corrected chi connectivity index (χ0v) is 17.2. The van der Waals surface area contributed by atoms with Gasteiger partial charge in [0.25, 0.3) is 0 Å². The van der Waals surface area contributed by atoms with E-state index in [4.69, 9.17) is 0 Å². The predicted octanol–water partition coefficient (Wildman–Crippen LogP) is 4.50. The van der Waals surface area contributed by atoms with Crippen molar-refractivity contribution in [1.29, 1.82) is 0 Å². The minimum atomic E-state index is 0.0136. The van der Waals surface area contributed by atoms with Crippen LogP contribution in [0.5, 0.6) is 5.75 Å². The second kappa shape index (κ2) is 7.10. The van der Waals surface area contributed by atoms with Gasteiger partial charge in [-0.05, 0) is 47.9 Å². The Morgan fingerprint density at radius 2 is 1.86 bits per heavy atom. The maximum absolute atomic E-state index is 11.3. The second-order valence-electron chi connectivity index (χ2n) is 8.74. The van der Waals surface area contributed by atoms with Crippen molar-refractivity contribution in [2.24, 2.45) is 0 Å². The third kappa shape index (κ3) is 3.33. The minimum Gasteiger partial charge on any atom is -0.507 e. The van der Waals surface area contributed by atoms with Crippen LogP contribution in [0.2, 0.25) is 0 Å². The summed E-state index contributed by atoms with van der Waals surface area (Å²) < 4.78 is 2.05. The molecule has 1 N–H and O–H groups in total. The van der Waals surface area contributed by atoms with Crippen LogP contribution >= 0.6 is 0 Å². The zero-order valence-electron chi connectivity index (χ0n) is 17.2. The van der Waals surface area contributed by atoms with Gasteiger partial charge in [-0.25, -0.2) is 0 Å². The number of benzene rings is 1. The molecule has 0 amide bonds. The fourth-order valence-electron chi connectivity index (χ4n) is 4.65. The van der Waals surface area contributed by atoms with Crippen molar-refractivity contribution in [3.05, 3.63) is 77.4 Å². The molecule has 1 aromatic carbocycles. The van der Waals surface area contributed by atoms with Gasteiger partial charge in [0.2, 0.25) is 0 Å². The molecular formula is C24H29N3O. The number of likely N-dealkylation sites (N-methyl/N-ethyl adjacent to an activating group) is 1. The first kappa shape index (κ1) is 18.8. The number of nitrogens with zero attached hydrogens (tertiary/aromatic N) is 3. The highest BCUT2D eigenvalue weighted by Crippen LogP contribution is 2.44. The van der Waals surface area contributed by atoms with Gasteiger partial charge in [0.1, 0.15) is 5.75 Å². The Balaban J connectivity index is 1.71. The van der Waals surface area contributed by atoms with Crippen LogP contribution in [0.1, 0.15) is 48.9 Å². The van der Waals surface area contributed by atoms with Crippen LogP contribution in [0.4, 0.5) is 0 Å². The highest BCUT2D eigenvalue weighted by atomic mass is 16.3. The first-order chi connectivity index (χ1) is 13.4. The second-order valence-corrected chi connectivity index (χ2v) is 8.74. The molecule has 4 rings (SSSR count). The van der Waals surface area contributed by atoms with E-state index < -0.39 is 0 Å². The van der Waals surface area contributed by atoms with E-state index in [1.54, 1.807) is 0 Å². The van der Waals surface area contributed by atoms with Crippen molar-refractivity contribution in [1.82, 2.24) is 14.5 Å². The van der Waals surface area contributed by atoms with E-state index in [-0.39, 0.29) is 5.41 Å². The molecule has 1 aliphatic rings. The number of rotatable bonds is 5. The molecule has 0 atom stereocenters. The van der Waals surface area contributed by atoms with Crippen LogP contribution in [0.25, 0.3) is 5.69 Å². The molecule has 0 radical (unpaired) electrons. The Bertz CT molecular complexity index is 970. The third-order valence-corrected chi connectivity index (χ3v) is 5.83. The van der Waals surface area contributed by atoms with Gasteiger partial charge < -0.3 is 14.6 Å². The van der Waals surface area contributed by atoms with E-state index in [1.165, 1.54) is 5.56 Å². The van der Waals surface area contributed by atoms with E-state index in [0.29, 0.717) is 18.1 Å². The number of aromatic nitrogens is 2. The van der Waals surface area contributed by atoms with Crippen molar-refractivity contribution in [3.63, 3.8) is 0 Å². The largest absolute Gasteiger partial charge is 0.507 e. The molecule has 1 aliphatic heterocycles. The molecular weight excluding hydrogens is 346 g/mol. The highest BCUT2D eigenvalue weighted by molar-refractivity contribution is 5.53. The quantitative estimate of drug-likeness (QED) is 0.714. The minimum absolute atomic E-state index is 0.0136. The summed E-state index contributed by atoms with van der Waals surface area (Å²) in [5.74, 6) is 0.851. The molecule has 0 bridgehead atoms. The van der Waals surface area contributed by atoms with Gasteiger partial charge in [0.15, 0.2) is 0 Å². The van der Waals surface area contributed by atoms with Gasteiger partial charge in [-0.1, -0.05) is 32.9 Å². The third-order valence-electron chi connectivity index (χ3n) is 5.83. The number of hydrogen-bond donors (Lipinski definition) is 1. The van der Waals surface area contributed by atoms with Crippen LogP contribution in [-0.2, 0) is 11.8 Å². The molecule has 4 heteroatoms. The van der Waals surface area contributed by atoms with Crippen molar-refractivity contribution >= 4 is 0 Å². The topological polar surface area (TPSA) is 41.3 Å². The molecule has 0 spiro atoms. The van der Waals surface area contributed by atoms with E-state index in [1.807, 2.05) is 36.9 Å². The van der Waals surface area contributed by atoms with Crippen molar-refractivity contribution in [2.45, 2.75) is 38.5 Å². The zero-order chi connectivity index (χ0) is 19.9. The summed E-state index contributed by atoms with van der Waals surface area (Å²) in [5, 5.41) is 11.3. The van der Waals surface area contributed by atoms with Gasteiger partial charge in [-0.15, -0.1) is 0 Å². The smallest absolute Gasteiger partial charge is 0.123 e. The van der Waals surface area contributed by atoms with Crippen LogP contribution in [0.15, 0.2) is 55.1 Å². The normalized spacial score (nSPS) is 16.3. The summed E-state index contributed by atoms with van der Waals surface area (Å²) in [5.41, 5.74) is 5.51. The van der Waals surface area contributed by atoms with Crippen molar-refractivity contribution in [3.8, 4) is 11.4 Å². The van der Waals surface area contributed by atoms with Crippen LogP contribution in [-0.4, -0.2) is 39.7 Å². The van der Waals surface area contributed by atoms with E-state index in [0.717, 1.165) is 35.5 Å². The van der Waals surface area contributed by atoms with E-state index >= 15 is 0 Å². The van der Waals surface area contributed by atoms with Crippen LogP contribution in [0.3, 0.4) is 0 Å². The number of pyridine rings is 1. The Hall–Kier alpha value is -2.59. The predicted molar refractivity (Wildman–Crippen MR) is 113 cm³/mol. The first-order valence-electron chi connectivity index (χ1n) is 9.98. The fraction of sp³-hybridized carbons (Fsp3) is 0.375. The van der Waals surface area contributed by atoms with E-state index in [9.17, 15) is 5.11 Å². The molecule has 3 aromatic rings. The lowest BCUT2D eigenvalue weighted by atomic mass is 9.71. The lowest BCUT2D eigenvalue weighted by Gasteiger charge is -2.48. The molecule has 0 unspecified atom stereocenters. The molecule has 0 saturated carbocycles. The number of likely N-dealkylation sites (tertiary alicyclic amines) is 1. The number of phenols is 1. The van der Waals surface area contributed by atoms with Gasteiger partial charge in [0.05, 0.1) is 11.9 Å². The standard InChI is InChI=1S/C24H29N3O/c1-17(2)21-8-7-19(23(28)22(21)24(3)15-26(4)16-24)11-18-12-20(14-25-13-18)27-9-5-6-10-27/h5-10,12-14,17,28H,11,15-16H2,1-4H3. The SMILES string of the molecule is CC(C)c1ccc(Cc2cncc(-n3cccc3)c2)c(O)c1C1(C)CN(C)C1. The molecule has 28 heavy (non-hydrogen) atoms.